The van der Waals surface area contributed by atoms with Crippen LogP contribution in [0.2, 0.25) is 0 Å². The quantitative estimate of drug-likeness (QED) is 0.0704. The molecular formula is C38H38N8O5S. The Morgan fingerprint density at radius 2 is 1.63 bits per heavy atom. The van der Waals surface area contributed by atoms with Gasteiger partial charge >= 0.3 is 5.97 Å². The van der Waals surface area contributed by atoms with Crippen molar-refractivity contribution in [3.8, 4) is 11.4 Å². The fourth-order valence-corrected chi connectivity index (χ4v) is 6.45. The number of ether oxygens (including phenoxy) is 1. The molecule has 0 radical (unpaired) electrons. The Labute approximate surface area is 304 Å². The molecule has 0 unspecified atom stereocenters. The molecular weight excluding hydrogens is 681 g/mol. The highest BCUT2D eigenvalue weighted by Crippen LogP contribution is 2.23. The van der Waals surface area contributed by atoms with Gasteiger partial charge in [-0.15, -0.1) is 10.2 Å². The first-order valence-corrected chi connectivity index (χ1v) is 17.7. The summed E-state index contributed by atoms with van der Waals surface area (Å²) in [6.45, 7) is 2.21. The molecule has 0 fully saturated rings. The van der Waals surface area contributed by atoms with Gasteiger partial charge in [0.15, 0.2) is 11.0 Å². The number of fused-ring (bicyclic) bond motifs is 1. The van der Waals surface area contributed by atoms with Gasteiger partial charge in [0.25, 0.3) is 0 Å². The van der Waals surface area contributed by atoms with Crippen LogP contribution < -0.4 is 16.0 Å². The SMILES string of the molecule is CCOC(=O)[C@H](Cc1c[nH]c2ccccc12)NC(=O)[C@H](Cc1ccc(O)cc1)NC(=O)CSc1nnc(CNc2ccncc2)n1-c1ccccc1. The van der Waals surface area contributed by atoms with Crippen molar-refractivity contribution in [2.45, 2.75) is 43.6 Å². The average Bonchev–Trinajstić information content (AvgIpc) is 3.78. The van der Waals surface area contributed by atoms with Gasteiger partial charge in [0.05, 0.1) is 18.9 Å². The number of rotatable bonds is 16. The highest BCUT2D eigenvalue weighted by Gasteiger charge is 2.29. The van der Waals surface area contributed by atoms with Crippen molar-refractivity contribution in [2.24, 2.45) is 0 Å². The van der Waals surface area contributed by atoms with E-state index in [2.05, 4.69) is 36.1 Å². The number of aromatic amines is 1. The van der Waals surface area contributed by atoms with Crippen molar-refractivity contribution in [3.63, 3.8) is 0 Å². The second kappa shape index (κ2) is 17.2. The number of nitrogens with zero attached hydrogens (tertiary/aromatic N) is 4. The predicted octanol–water partition coefficient (Wildman–Crippen LogP) is 4.57. The number of benzene rings is 3. The third-order valence-corrected chi connectivity index (χ3v) is 9.12. The van der Waals surface area contributed by atoms with E-state index in [0.29, 0.717) is 23.1 Å². The molecule has 3 aromatic heterocycles. The zero-order chi connectivity index (χ0) is 36.3. The van der Waals surface area contributed by atoms with Crippen molar-refractivity contribution in [2.75, 3.05) is 17.7 Å². The van der Waals surface area contributed by atoms with Gasteiger partial charge in [-0.25, -0.2) is 4.79 Å². The second-order valence-corrected chi connectivity index (χ2v) is 12.8. The van der Waals surface area contributed by atoms with Crippen LogP contribution in [0.25, 0.3) is 16.6 Å². The zero-order valence-corrected chi connectivity index (χ0v) is 29.2. The van der Waals surface area contributed by atoms with Crippen LogP contribution in [0.4, 0.5) is 5.69 Å². The molecule has 0 bridgehead atoms. The first kappa shape index (κ1) is 35.7. The van der Waals surface area contributed by atoms with Gasteiger partial charge in [0.2, 0.25) is 11.8 Å². The van der Waals surface area contributed by atoms with Crippen LogP contribution in [-0.2, 0) is 38.5 Å². The van der Waals surface area contributed by atoms with Crippen molar-refractivity contribution in [3.05, 3.63) is 127 Å². The molecule has 2 amide bonds. The lowest BCUT2D eigenvalue weighted by Crippen LogP contribution is -2.53. The number of H-pyrrole nitrogens is 1. The second-order valence-electron chi connectivity index (χ2n) is 11.8. The minimum atomic E-state index is -1.05. The molecule has 0 aliphatic carbocycles. The summed E-state index contributed by atoms with van der Waals surface area (Å²) >= 11 is 1.18. The molecule has 0 saturated carbocycles. The van der Waals surface area contributed by atoms with Gasteiger partial charge < -0.3 is 30.8 Å². The minimum absolute atomic E-state index is 0.0707. The van der Waals surface area contributed by atoms with Crippen LogP contribution in [0.3, 0.4) is 0 Å². The Kier molecular flexibility index (Phi) is 11.8. The fourth-order valence-electron chi connectivity index (χ4n) is 5.67. The van der Waals surface area contributed by atoms with Crippen LogP contribution in [0.1, 0.15) is 23.9 Å². The van der Waals surface area contributed by atoms with E-state index in [1.165, 1.54) is 23.9 Å². The summed E-state index contributed by atoms with van der Waals surface area (Å²) in [7, 11) is 0. The molecule has 14 heteroatoms. The Bertz CT molecular complexity index is 2100. The van der Waals surface area contributed by atoms with E-state index >= 15 is 0 Å². The number of aromatic nitrogens is 5. The topological polar surface area (TPSA) is 176 Å². The van der Waals surface area contributed by atoms with Crippen LogP contribution in [-0.4, -0.2) is 72.1 Å². The summed E-state index contributed by atoms with van der Waals surface area (Å²) in [6.07, 6.45) is 5.49. The van der Waals surface area contributed by atoms with E-state index in [4.69, 9.17) is 4.74 Å². The number of phenolic OH excluding ortho intramolecular Hbond substituents is 1. The number of thioether (sulfide) groups is 1. The summed E-state index contributed by atoms with van der Waals surface area (Å²) in [5.74, 6) is -0.923. The number of anilines is 1. The first-order valence-electron chi connectivity index (χ1n) is 16.7. The fraction of sp³-hybridized carbons (Fsp3) is 0.211. The number of hydrogen-bond donors (Lipinski definition) is 5. The van der Waals surface area contributed by atoms with Crippen LogP contribution in [0.15, 0.2) is 115 Å². The Hall–Kier alpha value is -6.15. The third-order valence-electron chi connectivity index (χ3n) is 8.19. The highest BCUT2D eigenvalue weighted by molar-refractivity contribution is 7.99. The van der Waals surface area contributed by atoms with Crippen molar-refractivity contribution >= 4 is 46.1 Å². The molecule has 0 aliphatic heterocycles. The summed E-state index contributed by atoms with van der Waals surface area (Å²) in [5.41, 5.74) is 4.14. The number of pyridine rings is 1. The maximum Gasteiger partial charge on any atom is 0.328 e. The summed E-state index contributed by atoms with van der Waals surface area (Å²) in [5, 5.41) is 29.1. The van der Waals surface area contributed by atoms with Gasteiger partial charge in [-0.3, -0.25) is 19.1 Å². The molecule has 52 heavy (non-hydrogen) atoms. The molecule has 266 valence electrons. The number of nitrogens with one attached hydrogen (secondary N) is 4. The molecule has 13 nitrogen and oxygen atoms in total. The molecule has 0 spiro atoms. The molecule has 2 atom stereocenters. The maximum atomic E-state index is 13.9. The van der Waals surface area contributed by atoms with Crippen LogP contribution in [0, 0.1) is 0 Å². The van der Waals surface area contributed by atoms with E-state index in [9.17, 15) is 19.5 Å². The molecule has 5 N–H and O–H groups in total. The van der Waals surface area contributed by atoms with Crippen molar-refractivity contribution < 1.29 is 24.2 Å². The summed E-state index contributed by atoms with van der Waals surface area (Å²) in [4.78, 5) is 47.9. The molecule has 6 rings (SSSR count). The van der Waals surface area contributed by atoms with Gasteiger partial charge in [0, 0.05) is 53.7 Å². The van der Waals surface area contributed by atoms with E-state index in [1.54, 1.807) is 31.5 Å². The van der Waals surface area contributed by atoms with Gasteiger partial charge in [-0.05, 0) is 60.5 Å². The number of carbonyl (C=O) groups is 3. The summed E-state index contributed by atoms with van der Waals surface area (Å²) in [6, 6.07) is 25.3. The first-order chi connectivity index (χ1) is 25.4. The van der Waals surface area contributed by atoms with E-state index in [1.807, 2.05) is 77.5 Å². The predicted molar refractivity (Wildman–Crippen MR) is 198 cm³/mol. The summed E-state index contributed by atoms with van der Waals surface area (Å²) < 4.78 is 7.21. The van der Waals surface area contributed by atoms with E-state index in [-0.39, 0.29) is 31.0 Å². The minimum Gasteiger partial charge on any atom is -0.508 e. The van der Waals surface area contributed by atoms with Crippen molar-refractivity contribution in [1.29, 1.82) is 0 Å². The van der Waals surface area contributed by atoms with Crippen LogP contribution >= 0.6 is 11.8 Å². The molecule has 0 saturated heterocycles. The van der Waals surface area contributed by atoms with Crippen molar-refractivity contribution in [1.82, 2.24) is 35.4 Å². The average molecular weight is 719 g/mol. The van der Waals surface area contributed by atoms with Crippen LogP contribution in [0.5, 0.6) is 5.75 Å². The zero-order valence-electron chi connectivity index (χ0n) is 28.4. The monoisotopic (exact) mass is 718 g/mol. The smallest absolute Gasteiger partial charge is 0.328 e. The van der Waals surface area contributed by atoms with Gasteiger partial charge in [0.1, 0.15) is 17.8 Å². The number of phenols is 1. The van der Waals surface area contributed by atoms with Gasteiger partial charge in [-0.2, -0.15) is 0 Å². The highest BCUT2D eigenvalue weighted by atomic mass is 32.2. The number of para-hydroxylation sites is 2. The number of amides is 2. The molecule has 6 aromatic rings. The third kappa shape index (κ3) is 9.14. The maximum absolute atomic E-state index is 13.9. The Balaban J connectivity index is 1.18. The lowest BCUT2D eigenvalue weighted by molar-refractivity contribution is -0.147. The number of hydrogen-bond acceptors (Lipinski definition) is 10. The van der Waals surface area contributed by atoms with E-state index < -0.39 is 29.9 Å². The normalized spacial score (nSPS) is 12.2. The number of aromatic hydroxyl groups is 1. The largest absolute Gasteiger partial charge is 0.508 e. The molecule has 0 aliphatic rings. The van der Waals surface area contributed by atoms with E-state index in [0.717, 1.165) is 27.8 Å². The number of esters is 1. The Morgan fingerprint density at radius 1 is 0.885 bits per heavy atom. The standard InChI is InChI=1S/C38H38N8O5S/c1-2-51-37(50)33(21-26-22-41-31-11-7-6-10-30(26)31)43-36(49)32(20-25-12-14-29(47)15-13-25)42-35(48)24-52-38-45-44-34(23-40-27-16-18-39-19-17-27)46(38)28-8-4-3-5-9-28/h3-19,22,32-33,41,47H,2,20-21,23-24H2,1H3,(H,39,40)(H,42,48)(H,43,49)/t32-,33-/m0/s1. The van der Waals surface area contributed by atoms with Gasteiger partial charge in [-0.1, -0.05) is 60.3 Å². The molecule has 3 aromatic carbocycles. The lowest BCUT2D eigenvalue weighted by atomic mass is 10.0. The Morgan fingerprint density at radius 3 is 2.40 bits per heavy atom. The molecule has 3 heterocycles. The lowest BCUT2D eigenvalue weighted by Gasteiger charge is -2.23. The number of carbonyl (C=O) groups excluding carboxylic acids is 3.